The first-order valence-electron chi connectivity index (χ1n) is 5.83. The minimum absolute atomic E-state index is 0. The molecule has 3 heteroatoms. The number of halogens is 1. The lowest BCUT2D eigenvalue weighted by molar-refractivity contribution is 0.550. The summed E-state index contributed by atoms with van der Waals surface area (Å²) in [6, 6.07) is 4.26. The standard InChI is InChI=1S/C11H23ClSi.H4Si/c1-4-11(12)9-7-8-10-13(11,5-2)6-3;/h4-10H2,1-3H3;1H4. The fourth-order valence-corrected chi connectivity index (χ4v) is 9.67. The highest BCUT2D eigenvalue weighted by Gasteiger charge is 2.49. The lowest BCUT2D eigenvalue weighted by atomic mass is 10.1. The lowest BCUT2D eigenvalue weighted by Gasteiger charge is -2.48. The third-order valence-electron chi connectivity index (χ3n) is 4.34. The minimum atomic E-state index is -1.12. The maximum absolute atomic E-state index is 6.84. The van der Waals surface area contributed by atoms with Gasteiger partial charge >= 0.3 is 0 Å². The van der Waals surface area contributed by atoms with Gasteiger partial charge in [0.05, 0.1) is 8.07 Å². The van der Waals surface area contributed by atoms with Crippen LogP contribution in [0.3, 0.4) is 0 Å². The van der Waals surface area contributed by atoms with Crippen molar-refractivity contribution in [3.63, 3.8) is 0 Å². The number of alkyl halides is 1. The molecular formula is C11H27ClSi2. The van der Waals surface area contributed by atoms with Crippen LogP contribution in [0.2, 0.25) is 18.1 Å². The molecule has 86 valence electrons. The van der Waals surface area contributed by atoms with Crippen molar-refractivity contribution in [3.05, 3.63) is 0 Å². The van der Waals surface area contributed by atoms with Crippen molar-refractivity contribution in [2.45, 2.75) is 69.1 Å². The molecule has 0 bridgehead atoms. The molecule has 0 amide bonds. The molecule has 14 heavy (non-hydrogen) atoms. The van der Waals surface area contributed by atoms with Crippen molar-refractivity contribution in [2.24, 2.45) is 0 Å². The predicted octanol–water partition coefficient (Wildman–Crippen LogP) is 3.13. The first-order chi connectivity index (χ1) is 6.14. The van der Waals surface area contributed by atoms with Gasteiger partial charge in [-0.15, -0.1) is 11.6 Å². The Morgan fingerprint density at radius 1 is 1.14 bits per heavy atom. The van der Waals surface area contributed by atoms with Gasteiger partial charge in [0, 0.05) is 4.50 Å². The molecule has 1 saturated heterocycles. The van der Waals surface area contributed by atoms with Gasteiger partial charge in [0.25, 0.3) is 0 Å². The summed E-state index contributed by atoms with van der Waals surface area (Å²) >= 11 is 6.84. The summed E-state index contributed by atoms with van der Waals surface area (Å²) in [5.74, 6) is 0. The molecule has 0 nitrogen and oxygen atoms in total. The average Bonchev–Trinajstić information content (AvgIpc) is 2.19. The summed E-state index contributed by atoms with van der Waals surface area (Å²) in [5.41, 5.74) is 0. The monoisotopic (exact) mass is 250 g/mol. The molecule has 0 spiro atoms. The topological polar surface area (TPSA) is 0 Å². The van der Waals surface area contributed by atoms with E-state index in [0.717, 1.165) is 0 Å². The smallest absolute Gasteiger partial charge is 0.0773 e. The van der Waals surface area contributed by atoms with Gasteiger partial charge in [0.2, 0.25) is 0 Å². The molecule has 1 aliphatic heterocycles. The summed E-state index contributed by atoms with van der Waals surface area (Å²) in [5, 5.41) is 0. The van der Waals surface area contributed by atoms with Crippen molar-refractivity contribution in [3.8, 4) is 0 Å². The van der Waals surface area contributed by atoms with Gasteiger partial charge in [0.1, 0.15) is 0 Å². The SMILES string of the molecule is CCC1(Cl)CCCC[Si]1(CC)CC.[SiH4]. The van der Waals surface area contributed by atoms with Crippen LogP contribution in [-0.2, 0) is 0 Å². The quantitative estimate of drug-likeness (QED) is 0.534. The van der Waals surface area contributed by atoms with Gasteiger partial charge in [-0.3, -0.25) is 0 Å². The van der Waals surface area contributed by atoms with Gasteiger partial charge in [-0.05, 0) is 23.8 Å². The Balaban J connectivity index is 0.00000169. The van der Waals surface area contributed by atoms with Crippen molar-refractivity contribution >= 4 is 30.6 Å². The molecule has 1 unspecified atom stereocenters. The summed E-state index contributed by atoms with van der Waals surface area (Å²) in [4.78, 5) is 0. The highest BCUT2D eigenvalue weighted by molar-refractivity contribution is 6.89. The van der Waals surface area contributed by atoms with E-state index in [1.807, 2.05) is 0 Å². The Bertz CT molecular complexity index is 169. The first-order valence-corrected chi connectivity index (χ1v) is 8.83. The number of rotatable bonds is 3. The molecule has 1 heterocycles. The van der Waals surface area contributed by atoms with E-state index in [2.05, 4.69) is 20.8 Å². The number of hydrogen-bond donors (Lipinski definition) is 0. The predicted molar refractivity (Wildman–Crippen MR) is 75.6 cm³/mol. The fourth-order valence-electron chi connectivity index (χ4n) is 3.15. The molecule has 1 aliphatic rings. The molecule has 0 N–H and O–H groups in total. The molecule has 0 aliphatic carbocycles. The van der Waals surface area contributed by atoms with Crippen LogP contribution in [0.1, 0.15) is 46.5 Å². The van der Waals surface area contributed by atoms with E-state index in [4.69, 9.17) is 11.6 Å². The normalized spacial score (nSPS) is 30.9. The van der Waals surface area contributed by atoms with Crippen LogP contribution < -0.4 is 0 Å². The van der Waals surface area contributed by atoms with Crippen LogP contribution in [0.25, 0.3) is 0 Å². The minimum Gasteiger partial charge on any atom is -0.123 e. The zero-order chi connectivity index (χ0) is 9.95. The number of hydrogen-bond acceptors (Lipinski definition) is 0. The molecule has 1 rings (SSSR count). The van der Waals surface area contributed by atoms with Gasteiger partial charge < -0.3 is 0 Å². The van der Waals surface area contributed by atoms with Crippen LogP contribution in [0.15, 0.2) is 0 Å². The Morgan fingerprint density at radius 3 is 2.07 bits per heavy atom. The second-order valence-electron chi connectivity index (χ2n) is 4.51. The molecule has 0 aromatic heterocycles. The largest absolute Gasteiger partial charge is 0.123 e. The Kier molecular flexibility index (Phi) is 6.01. The van der Waals surface area contributed by atoms with Gasteiger partial charge in [-0.25, -0.2) is 0 Å². The zero-order valence-electron chi connectivity index (χ0n) is 9.33. The third kappa shape index (κ3) is 2.28. The maximum atomic E-state index is 6.84. The van der Waals surface area contributed by atoms with E-state index in [0.29, 0.717) is 0 Å². The van der Waals surface area contributed by atoms with Gasteiger partial charge in [-0.1, -0.05) is 51.7 Å². The second-order valence-corrected chi connectivity index (χ2v) is 11.0. The Morgan fingerprint density at radius 2 is 1.71 bits per heavy atom. The second kappa shape index (κ2) is 5.71. The van der Waals surface area contributed by atoms with Crippen LogP contribution in [0.5, 0.6) is 0 Å². The van der Waals surface area contributed by atoms with Crippen LogP contribution in [0.4, 0.5) is 0 Å². The third-order valence-corrected chi connectivity index (χ3v) is 12.5. The summed E-state index contributed by atoms with van der Waals surface area (Å²) in [6.45, 7) is 7.02. The van der Waals surface area contributed by atoms with Crippen molar-refractivity contribution in [1.82, 2.24) is 0 Å². The van der Waals surface area contributed by atoms with Crippen LogP contribution >= 0.6 is 11.6 Å². The molecule has 0 aromatic rings. The molecule has 1 atom stereocenters. The average molecular weight is 251 g/mol. The van der Waals surface area contributed by atoms with E-state index in [1.54, 1.807) is 0 Å². The van der Waals surface area contributed by atoms with Crippen LogP contribution in [0, 0.1) is 0 Å². The molecule has 0 aromatic carbocycles. The van der Waals surface area contributed by atoms with E-state index in [9.17, 15) is 0 Å². The molecule has 0 saturated carbocycles. The van der Waals surface area contributed by atoms with Crippen molar-refractivity contribution in [2.75, 3.05) is 0 Å². The fraction of sp³-hybridized carbons (Fsp3) is 1.00. The Labute approximate surface area is 99.8 Å². The highest BCUT2D eigenvalue weighted by atomic mass is 35.5. The highest BCUT2D eigenvalue weighted by Crippen LogP contribution is 2.47. The summed E-state index contributed by atoms with van der Waals surface area (Å²) in [7, 11) is -1.12. The zero-order valence-corrected chi connectivity index (χ0v) is 11.1. The maximum Gasteiger partial charge on any atom is 0.0773 e. The van der Waals surface area contributed by atoms with E-state index < -0.39 is 8.07 Å². The summed E-state index contributed by atoms with van der Waals surface area (Å²) < 4.78 is 0.245. The van der Waals surface area contributed by atoms with Gasteiger partial charge in [0.15, 0.2) is 0 Å². The lowest BCUT2D eigenvalue weighted by Crippen LogP contribution is -2.55. The summed E-state index contributed by atoms with van der Waals surface area (Å²) in [6.07, 6.45) is 5.30. The van der Waals surface area contributed by atoms with Crippen LogP contribution in [-0.4, -0.2) is 23.5 Å². The molecule has 0 radical (unpaired) electrons. The van der Waals surface area contributed by atoms with Gasteiger partial charge in [-0.2, -0.15) is 0 Å². The van der Waals surface area contributed by atoms with Crippen molar-refractivity contribution < 1.29 is 0 Å². The first kappa shape index (κ1) is 14.7. The van der Waals surface area contributed by atoms with E-state index in [1.165, 1.54) is 43.8 Å². The van der Waals surface area contributed by atoms with Crippen molar-refractivity contribution in [1.29, 1.82) is 0 Å². The van der Waals surface area contributed by atoms with E-state index in [-0.39, 0.29) is 15.5 Å². The Hall–Kier alpha value is 0.724. The van der Waals surface area contributed by atoms with E-state index >= 15 is 0 Å². The molecule has 1 fully saturated rings. The molecular weight excluding hydrogens is 224 g/mol.